The van der Waals surface area contributed by atoms with Gasteiger partial charge in [-0.15, -0.1) is 0 Å². The van der Waals surface area contributed by atoms with E-state index in [0.717, 1.165) is 52.2 Å². The molecule has 0 aromatic rings. The Morgan fingerprint density at radius 3 is 1.76 bits per heavy atom. The molecule has 2 saturated heterocycles. The first-order valence-electron chi connectivity index (χ1n) is 9.67. The molecule has 0 atom stereocenters. The topological polar surface area (TPSA) is 83.5 Å². The summed E-state index contributed by atoms with van der Waals surface area (Å²) < 4.78 is 5.20. The van der Waals surface area contributed by atoms with Crippen LogP contribution in [0.2, 0.25) is 0 Å². The number of hydrogen-bond donors (Lipinski definition) is 4. The molecule has 25 heavy (non-hydrogen) atoms. The van der Waals surface area contributed by atoms with Crippen LogP contribution in [0.15, 0.2) is 0 Å². The van der Waals surface area contributed by atoms with Crippen LogP contribution in [-0.4, -0.2) is 110 Å². The number of nitrogens with zero attached hydrogens (tertiary/aromatic N) is 3. The predicted octanol–water partition coefficient (Wildman–Crippen LogP) is 0.561. The third kappa shape index (κ3) is 11.1. The van der Waals surface area contributed by atoms with Crippen LogP contribution >= 0.6 is 0 Å². The summed E-state index contributed by atoms with van der Waals surface area (Å²) in [6.45, 7) is 16.5. The van der Waals surface area contributed by atoms with E-state index in [0.29, 0.717) is 19.1 Å². The number of morpholine rings is 1. The van der Waals surface area contributed by atoms with Gasteiger partial charge in [-0.2, -0.15) is 0 Å². The van der Waals surface area contributed by atoms with Gasteiger partial charge in [-0.3, -0.25) is 9.80 Å². The highest BCUT2D eigenvalue weighted by Crippen LogP contribution is 2.05. The fraction of sp³-hybridized carbons (Fsp3) is 1.00. The van der Waals surface area contributed by atoms with Crippen LogP contribution in [0.25, 0.3) is 0 Å². The van der Waals surface area contributed by atoms with Crippen LogP contribution in [0.4, 0.5) is 0 Å². The van der Waals surface area contributed by atoms with Crippen LogP contribution in [0.5, 0.6) is 0 Å². The van der Waals surface area contributed by atoms with Crippen molar-refractivity contribution in [3.05, 3.63) is 0 Å². The van der Waals surface area contributed by atoms with Gasteiger partial charge in [0.25, 0.3) is 0 Å². The number of ether oxygens (including phenoxy) is 1. The minimum atomic E-state index is 0. The molecule has 0 spiro atoms. The fourth-order valence-corrected chi connectivity index (χ4v) is 3.09. The molecule has 0 aromatic carbocycles. The van der Waals surface area contributed by atoms with Crippen molar-refractivity contribution in [2.24, 2.45) is 0 Å². The van der Waals surface area contributed by atoms with Gasteiger partial charge in [0.15, 0.2) is 0 Å². The normalized spacial score (nSPS) is 20.5. The molecule has 2 aliphatic rings. The van der Waals surface area contributed by atoms with Crippen LogP contribution < -0.4 is 11.0 Å². The van der Waals surface area contributed by atoms with Crippen LogP contribution in [0.1, 0.15) is 29.5 Å². The zero-order valence-electron chi connectivity index (χ0n) is 16.1. The van der Waals surface area contributed by atoms with Crippen molar-refractivity contribution in [3.8, 4) is 0 Å². The SMILES string of the molecule is CC(C)N1CCN(CCCNO)CC1.ONCCCN1CCOCC1.[HH].[HH]. The molecular formula is C17H43N5O3. The molecule has 0 saturated carbocycles. The smallest absolute Gasteiger partial charge is 0.0594 e. The summed E-state index contributed by atoms with van der Waals surface area (Å²) >= 11 is 0. The van der Waals surface area contributed by atoms with Crippen LogP contribution in [0.3, 0.4) is 0 Å². The van der Waals surface area contributed by atoms with Gasteiger partial charge in [0.2, 0.25) is 0 Å². The molecule has 0 bridgehead atoms. The average Bonchev–Trinajstić information content (AvgIpc) is 2.64. The number of hydrogen-bond acceptors (Lipinski definition) is 8. The molecule has 4 N–H and O–H groups in total. The van der Waals surface area contributed by atoms with Crippen molar-refractivity contribution in [1.29, 1.82) is 0 Å². The summed E-state index contributed by atoms with van der Waals surface area (Å²) in [5.41, 5.74) is 4.35. The van der Waals surface area contributed by atoms with Gasteiger partial charge >= 0.3 is 0 Å². The maximum Gasteiger partial charge on any atom is 0.0594 e. The molecule has 2 heterocycles. The third-order valence-corrected chi connectivity index (χ3v) is 4.77. The van der Waals surface area contributed by atoms with Gasteiger partial charge in [-0.25, -0.2) is 11.0 Å². The highest BCUT2D eigenvalue weighted by Gasteiger charge is 2.17. The summed E-state index contributed by atoms with van der Waals surface area (Å²) in [7, 11) is 0. The third-order valence-electron chi connectivity index (χ3n) is 4.77. The van der Waals surface area contributed by atoms with E-state index in [4.69, 9.17) is 15.2 Å². The molecule has 0 aliphatic carbocycles. The Balaban J connectivity index is 0. The summed E-state index contributed by atoms with van der Waals surface area (Å²) in [6, 6.07) is 0.677. The average molecular weight is 366 g/mol. The monoisotopic (exact) mass is 365 g/mol. The quantitative estimate of drug-likeness (QED) is 0.349. The second kappa shape index (κ2) is 14.8. The summed E-state index contributed by atoms with van der Waals surface area (Å²) in [6.07, 6.45) is 2.02. The van der Waals surface area contributed by atoms with Crippen LogP contribution in [0, 0.1) is 0 Å². The maximum absolute atomic E-state index is 8.43. The Kier molecular flexibility index (Phi) is 13.5. The van der Waals surface area contributed by atoms with Gasteiger partial charge in [-0.1, -0.05) is 0 Å². The van der Waals surface area contributed by atoms with Crippen molar-refractivity contribution >= 4 is 0 Å². The lowest BCUT2D eigenvalue weighted by atomic mass is 10.2. The van der Waals surface area contributed by atoms with E-state index < -0.39 is 0 Å². The Morgan fingerprint density at radius 2 is 1.32 bits per heavy atom. The maximum atomic E-state index is 8.43. The van der Waals surface area contributed by atoms with Crippen molar-refractivity contribution in [3.63, 3.8) is 0 Å². The lowest BCUT2D eigenvalue weighted by Gasteiger charge is -2.36. The first-order valence-corrected chi connectivity index (χ1v) is 9.67. The molecule has 0 aromatic heterocycles. The van der Waals surface area contributed by atoms with E-state index in [9.17, 15) is 0 Å². The van der Waals surface area contributed by atoms with E-state index >= 15 is 0 Å². The van der Waals surface area contributed by atoms with Gasteiger partial charge in [-0.05, 0) is 39.8 Å². The van der Waals surface area contributed by atoms with Gasteiger partial charge < -0.3 is 20.1 Å². The minimum absolute atomic E-state index is 0. The molecule has 2 rings (SSSR count). The molecule has 0 amide bonds. The zero-order chi connectivity index (χ0) is 18.3. The molecule has 2 fully saturated rings. The molecule has 8 nitrogen and oxygen atoms in total. The highest BCUT2D eigenvalue weighted by atomic mass is 16.5. The standard InChI is InChI=1S/C10H23N3O.C7H16N2O2.2H2/c1-10(2)13-8-6-12(7-9-13)5-3-4-11-14;10-8-2-1-3-9-4-6-11-7-5-9;;/h10-11,14H,3-9H2,1-2H3;8,10H,1-7H2;2*1H. The van der Waals surface area contributed by atoms with Gasteiger partial charge in [0, 0.05) is 61.3 Å². The predicted molar refractivity (Wildman–Crippen MR) is 103 cm³/mol. The number of hydroxylamine groups is 2. The summed E-state index contributed by atoms with van der Waals surface area (Å²) in [5.74, 6) is 0. The second-order valence-corrected chi connectivity index (χ2v) is 6.95. The first kappa shape index (κ1) is 22.7. The molecule has 154 valence electrons. The molecular weight excluding hydrogens is 322 g/mol. The van der Waals surface area contributed by atoms with Crippen LogP contribution in [-0.2, 0) is 4.74 Å². The molecule has 0 radical (unpaired) electrons. The van der Waals surface area contributed by atoms with Gasteiger partial charge in [0.1, 0.15) is 0 Å². The van der Waals surface area contributed by atoms with Crippen molar-refractivity contribution in [2.75, 3.05) is 78.7 Å². The number of rotatable bonds is 9. The second-order valence-electron chi connectivity index (χ2n) is 6.95. The Hall–Kier alpha value is -0.320. The Morgan fingerprint density at radius 1 is 0.840 bits per heavy atom. The Bertz CT molecular complexity index is 306. The van der Waals surface area contributed by atoms with E-state index in [1.54, 1.807) is 0 Å². The number of piperazine rings is 1. The molecule has 2 aliphatic heterocycles. The summed E-state index contributed by atoms with van der Waals surface area (Å²) in [4.78, 5) is 7.33. The van der Waals surface area contributed by atoms with E-state index in [2.05, 4.69) is 39.5 Å². The molecule has 8 heteroatoms. The summed E-state index contributed by atoms with van der Waals surface area (Å²) in [5, 5.41) is 16.7. The highest BCUT2D eigenvalue weighted by molar-refractivity contribution is 4.74. The number of nitrogens with one attached hydrogen (secondary N) is 2. The Labute approximate surface area is 156 Å². The van der Waals surface area contributed by atoms with E-state index in [-0.39, 0.29) is 2.85 Å². The van der Waals surface area contributed by atoms with Crippen molar-refractivity contribution in [1.82, 2.24) is 25.7 Å². The zero-order valence-corrected chi connectivity index (χ0v) is 16.1. The largest absolute Gasteiger partial charge is 0.379 e. The first-order chi connectivity index (χ1) is 12.2. The van der Waals surface area contributed by atoms with E-state index in [1.807, 2.05) is 0 Å². The van der Waals surface area contributed by atoms with E-state index in [1.165, 1.54) is 26.2 Å². The fourth-order valence-electron chi connectivity index (χ4n) is 3.09. The van der Waals surface area contributed by atoms with Crippen molar-refractivity contribution < 1.29 is 18.0 Å². The lowest BCUT2D eigenvalue weighted by molar-refractivity contribution is 0.0359. The molecule has 0 unspecified atom stereocenters. The minimum Gasteiger partial charge on any atom is -0.379 e. The lowest BCUT2D eigenvalue weighted by Crippen LogP contribution is -2.49. The van der Waals surface area contributed by atoms with Gasteiger partial charge in [0.05, 0.1) is 13.2 Å². The van der Waals surface area contributed by atoms with Crippen molar-refractivity contribution in [2.45, 2.75) is 32.7 Å².